The van der Waals surface area contributed by atoms with E-state index in [9.17, 15) is 23.7 Å². The van der Waals surface area contributed by atoms with Crippen molar-refractivity contribution in [3.63, 3.8) is 0 Å². The molecule has 0 bridgehead atoms. The zero-order chi connectivity index (χ0) is 14.3. The lowest BCUT2D eigenvalue weighted by Crippen LogP contribution is -2.38. The molecule has 2 amide bonds. The molecule has 1 rings (SSSR count). The fourth-order valence-corrected chi connectivity index (χ4v) is 1.34. The molecule has 1 unspecified atom stereocenters. The highest BCUT2D eigenvalue weighted by molar-refractivity contribution is 6.23. The van der Waals surface area contributed by atoms with Crippen molar-refractivity contribution in [3.05, 3.63) is 35.9 Å². The van der Waals surface area contributed by atoms with Crippen LogP contribution in [0.1, 0.15) is 11.6 Å². The number of carbonyl (C=O) groups excluding carboxylic acids is 4. The van der Waals surface area contributed by atoms with E-state index in [1.165, 1.54) is 0 Å². The molecule has 1 aromatic rings. The Bertz CT molecular complexity index is 478. The van der Waals surface area contributed by atoms with Gasteiger partial charge in [0.05, 0.1) is 0 Å². The summed E-state index contributed by atoms with van der Waals surface area (Å²) >= 11 is 0. The summed E-state index contributed by atoms with van der Waals surface area (Å²) in [6.45, 7) is -0.950. The minimum absolute atomic E-state index is 0.248. The first kappa shape index (κ1) is 14.5. The average molecular weight is 266 g/mol. The molecule has 6 nitrogen and oxygen atoms in total. The highest BCUT2D eigenvalue weighted by atomic mass is 19.2. The van der Waals surface area contributed by atoms with Crippen LogP contribution in [0.3, 0.4) is 0 Å². The molecule has 0 aromatic heterocycles. The quantitative estimate of drug-likeness (QED) is 0.444. The average Bonchev–Trinajstić information content (AvgIpc) is 2.44. The van der Waals surface area contributed by atoms with Gasteiger partial charge in [0.15, 0.2) is 0 Å². The van der Waals surface area contributed by atoms with Gasteiger partial charge in [0.2, 0.25) is 12.2 Å². The molecule has 1 N–H and O–H groups in total. The Hall–Kier alpha value is -2.57. The van der Waals surface area contributed by atoms with E-state index in [0.29, 0.717) is 11.8 Å². The molecule has 0 aliphatic heterocycles. The molecular weight excluding hydrogens is 255 g/mol. The molecule has 0 aliphatic carbocycles. The van der Waals surface area contributed by atoms with Gasteiger partial charge in [0, 0.05) is 0 Å². The van der Waals surface area contributed by atoms with Crippen molar-refractivity contribution < 1.29 is 23.7 Å². The third-order valence-corrected chi connectivity index (χ3v) is 2.23. The SMILES string of the molecule is O=CC(=O)N(F)CC(=O)NC(C=O)c1ccccc1. The number of carbonyl (C=O) groups is 4. The van der Waals surface area contributed by atoms with E-state index in [2.05, 4.69) is 5.32 Å². The van der Waals surface area contributed by atoms with Gasteiger partial charge in [0.25, 0.3) is 0 Å². The van der Waals surface area contributed by atoms with Crippen LogP contribution < -0.4 is 5.32 Å². The Balaban J connectivity index is 2.62. The lowest BCUT2D eigenvalue weighted by molar-refractivity contribution is -0.153. The van der Waals surface area contributed by atoms with Gasteiger partial charge < -0.3 is 10.1 Å². The van der Waals surface area contributed by atoms with Crippen LogP contribution in [0.25, 0.3) is 0 Å². The maximum Gasteiger partial charge on any atom is 0.314 e. The smallest absolute Gasteiger partial charge is 0.314 e. The van der Waals surface area contributed by atoms with Crippen LogP contribution in [0.2, 0.25) is 0 Å². The Morgan fingerprint density at radius 1 is 1.26 bits per heavy atom. The maximum atomic E-state index is 12.9. The Labute approximate surface area is 108 Å². The number of hydrogen-bond donors (Lipinski definition) is 1. The summed E-state index contributed by atoms with van der Waals surface area (Å²) in [6.07, 6.45) is 0.235. The van der Waals surface area contributed by atoms with Gasteiger partial charge in [-0.2, -0.15) is 5.12 Å². The molecule has 0 aliphatic rings. The molecule has 0 saturated heterocycles. The molecule has 19 heavy (non-hydrogen) atoms. The van der Waals surface area contributed by atoms with E-state index in [-0.39, 0.29) is 6.29 Å². The molecule has 0 saturated carbocycles. The van der Waals surface area contributed by atoms with Crippen LogP contribution in [0.4, 0.5) is 4.48 Å². The normalized spacial score (nSPS) is 11.2. The van der Waals surface area contributed by atoms with Gasteiger partial charge in [-0.1, -0.05) is 34.8 Å². The minimum atomic E-state index is -1.46. The van der Waals surface area contributed by atoms with Crippen molar-refractivity contribution in [2.75, 3.05) is 6.54 Å². The van der Waals surface area contributed by atoms with Crippen LogP contribution in [-0.2, 0) is 19.2 Å². The number of rotatable bonds is 6. The first-order valence-corrected chi connectivity index (χ1v) is 5.30. The van der Waals surface area contributed by atoms with Crippen molar-refractivity contribution >= 4 is 24.4 Å². The van der Waals surface area contributed by atoms with Gasteiger partial charge in [-0.3, -0.25) is 14.4 Å². The standard InChI is InChI=1S/C12H11FN2O4/c13-15(12(19)8-17)6-11(18)14-10(7-16)9-4-2-1-3-5-9/h1-5,7-8,10H,6H2,(H,14,18). The number of amides is 2. The maximum absolute atomic E-state index is 12.9. The molecule has 1 aromatic carbocycles. The van der Waals surface area contributed by atoms with E-state index < -0.39 is 29.5 Å². The Morgan fingerprint density at radius 3 is 2.42 bits per heavy atom. The van der Waals surface area contributed by atoms with Gasteiger partial charge in [-0.05, 0) is 5.56 Å². The van der Waals surface area contributed by atoms with E-state index in [1.54, 1.807) is 30.3 Å². The van der Waals surface area contributed by atoms with Crippen molar-refractivity contribution in [1.82, 2.24) is 10.4 Å². The summed E-state index contributed by atoms with van der Waals surface area (Å²) in [6, 6.07) is 7.38. The van der Waals surface area contributed by atoms with E-state index in [4.69, 9.17) is 0 Å². The summed E-state index contributed by atoms with van der Waals surface area (Å²) in [7, 11) is 0. The Kier molecular flexibility index (Phi) is 5.34. The first-order valence-electron chi connectivity index (χ1n) is 5.30. The number of nitrogens with zero attached hydrogens (tertiary/aromatic N) is 1. The van der Waals surface area contributed by atoms with Crippen LogP contribution in [0.5, 0.6) is 0 Å². The van der Waals surface area contributed by atoms with Crippen molar-refractivity contribution in [2.45, 2.75) is 6.04 Å². The second kappa shape index (κ2) is 7.00. The van der Waals surface area contributed by atoms with E-state index >= 15 is 0 Å². The molecular formula is C12H11FN2O4. The molecule has 1 atom stereocenters. The monoisotopic (exact) mass is 266 g/mol. The largest absolute Gasteiger partial charge is 0.341 e. The highest BCUT2D eigenvalue weighted by Crippen LogP contribution is 2.09. The molecule has 100 valence electrons. The number of aldehydes is 2. The number of benzene rings is 1. The van der Waals surface area contributed by atoms with Gasteiger partial charge in [-0.25, -0.2) is 0 Å². The van der Waals surface area contributed by atoms with E-state index in [1.807, 2.05) is 0 Å². The second-order valence-electron chi connectivity index (χ2n) is 3.57. The molecule has 0 spiro atoms. The summed E-state index contributed by atoms with van der Waals surface area (Å²) in [5, 5.41) is 1.70. The van der Waals surface area contributed by atoms with Crippen LogP contribution in [-0.4, -0.2) is 36.1 Å². The number of hydrogen-bond acceptors (Lipinski definition) is 4. The number of halogens is 1. The zero-order valence-corrected chi connectivity index (χ0v) is 9.78. The van der Waals surface area contributed by atoms with Crippen molar-refractivity contribution in [3.8, 4) is 0 Å². The van der Waals surface area contributed by atoms with Crippen LogP contribution in [0.15, 0.2) is 30.3 Å². The topological polar surface area (TPSA) is 83.6 Å². The predicted octanol–water partition coefficient (Wildman–Crippen LogP) is -0.0452. The fourth-order valence-electron chi connectivity index (χ4n) is 1.34. The van der Waals surface area contributed by atoms with Crippen molar-refractivity contribution in [2.24, 2.45) is 0 Å². The zero-order valence-electron chi connectivity index (χ0n) is 9.78. The third kappa shape index (κ3) is 4.30. The third-order valence-electron chi connectivity index (χ3n) is 2.23. The molecule has 0 heterocycles. The van der Waals surface area contributed by atoms with Crippen LogP contribution >= 0.6 is 0 Å². The Morgan fingerprint density at radius 2 is 1.89 bits per heavy atom. The first-order chi connectivity index (χ1) is 9.08. The highest BCUT2D eigenvalue weighted by Gasteiger charge is 2.19. The second-order valence-corrected chi connectivity index (χ2v) is 3.57. The molecule has 7 heteroatoms. The molecule has 0 radical (unpaired) electrons. The van der Waals surface area contributed by atoms with E-state index in [0.717, 1.165) is 0 Å². The van der Waals surface area contributed by atoms with Crippen LogP contribution in [0, 0.1) is 0 Å². The summed E-state index contributed by atoms with van der Waals surface area (Å²) < 4.78 is 12.9. The summed E-state index contributed by atoms with van der Waals surface area (Å²) in [5.74, 6) is -2.35. The fraction of sp³-hybridized carbons (Fsp3) is 0.167. The molecule has 0 fully saturated rings. The summed E-state index contributed by atoms with van der Waals surface area (Å²) in [4.78, 5) is 42.9. The van der Waals surface area contributed by atoms with Gasteiger partial charge >= 0.3 is 5.91 Å². The van der Waals surface area contributed by atoms with Gasteiger partial charge in [0.1, 0.15) is 18.9 Å². The van der Waals surface area contributed by atoms with Gasteiger partial charge in [-0.15, -0.1) is 0 Å². The predicted molar refractivity (Wildman–Crippen MR) is 62.3 cm³/mol. The minimum Gasteiger partial charge on any atom is -0.341 e. The lowest BCUT2D eigenvalue weighted by Gasteiger charge is -2.14. The lowest BCUT2D eigenvalue weighted by atomic mass is 10.1. The van der Waals surface area contributed by atoms with Crippen molar-refractivity contribution in [1.29, 1.82) is 0 Å². The number of nitrogens with one attached hydrogen (secondary N) is 1. The summed E-state index contributed by atoms with van der Waals surface area (Å²) in [5.41, 5.74) is 0.526.